The molecule has 0 aliphatic rings. The Morgan fingerprint density at radius 3 is 2.00 bits per heavy atom. The lowest BCUT2D eigenvalue weighted by atomic mass is 10.2. The fraction of sp³-hybridized carbons (Fsp3) is 0.550. The highest BCUT2D eigenvalue weighted by Gasteiger charge is 1.81. The first kappa shape index (κ1) is 35.6. The van der Waals surface area contributed by atoms with Gasteiger partial charge in [-0.3, -0.25) is 4.98 Å². The highest BCUT2D eigenvalue weighted by molar-refractivity contribution is 7.97. The molecule has 0 amide bonds. The molecule has 5 nitrogen and oxygen atoms in total. The number of aromatic nitrogens is 1. The molecule has 0 unspecified atom stereocenters. The fourth-order valence-electron chi connectivity index (χ4n) is 0.961. The summed E-state index contributed by atoms with van der Waals surface area (Å²) in [5, 5.41) is 10.5. The van der Waals surface area contributed by atoms with Crippen molar-refractivity contribution in [3.8, 4) is 0 Å². The van der Waals surface area contributed by atoms with Crippen LogP contribution in [-0.2, 0) is 11.3 Å². The monoisotopic (exact) mass is 389 g/mol. The SMILES string of the molecule is C.C=C(C)ON.C=CO.CCCNCC.CCc1cccnc1.CSC. The summed E-state index contributed by atoms with van der Waals surface area (Å²) in [5.74, 6) is 5.10. The lowest BCUT2D eigenvalue weighted by Gasteiger charge is -1.91. The van der Waals surface area contributed by atoms with Crippen molar-refractivity contribution >= 4 is 11.8 Å². The Bertz CT molecular complexity index is 346. The molecule has 0 saturated carbocycles. The quantitative estimate of drug-likeness (QED) is 0.357. The molecule has 0 aromatic carbocycles. The Balaban J connectivity index is -0.0000000741. The molecule has 0 spiro atoms. The van der Waals surface area contributed by atoms with E-state index in [0.717, 1.165) is 25.8 Å². The maximum atomic E-state index is 7.33. The van der Waals surface area contributed by atoms with Crippen molar-refractivity contribution < 1.29 is 9.94 Å². The minimum absolute atomic E-state index is 0. The molecule has 1 heterocycles. The van der Waals surface area contributed by atoms with Gasteiger partial charge in [0.1, 0.15) is 5.76 Å². The van der Waals surface area contributed by atoms with E-state index in [-0.39, 0.29) is 7.43 Å². The first-order valence-electron chi connectivity index (χ1n) is 8.22. The van der Waals surface area contributed by atoms with Crippen LogP contribution < -0.4 is 11.2 Å². The van der Waals surface area contributed by atoms with Crippen LogP contribution in [0.15, 0.2) is 49.7 Å². The number of nitrogens with one attached hydrogen (secondary N) is 1. The second kappa shape index (κ2) is 38.8. The van der Waals surface area contributed by atoms with Crippen molar-refractivity contribution in [3.05, 3.63) is 55.3 Å². The molecule has 1 rings (SSSR count). The van der Waals surface area contributed by atoms with Gasteiger partial charge in [-0.25, -0.2) is 0 Å². The molecule has 1 aromatic heterocycles. The van der Waals surface area contributed by atoms with Gasteiger partial charge >= 0.3 is 0 Å². The molecule has 156 valence electrons. The summed E-state index contributed by atoms with van der Waals surface area (Å²) < 4.78 is 0. The van der Waals surface area contributed by atoms with Gasteiger partial charge in [0.25, 0.3) is 0 Å². The number of rotatable bonds is 5. The van der Waals surface area contributed by atoms with Crippen LogP contribution in [0.25, 0.3) is 0 Å². The van der Waals surface area contributed by atoms with Crippen LogP contribution in [0.4, 0.5) is 0 Å². The normalized spacial score (nSPS) is 7.35. The van der Waals surface area contributed by atoms with Gasteiger partial charge in [0.2, 0.25) is 0 Å². The molecule has 0 atom stereocenters. The van der Waals surface area contributed by atoms with Crippen LogP contribution in [0.2, 0.25) is 0 Å². The topological polar surface area (TPSA) is 80.4 Å². The van der Waals surface area contributed by atoms with Crippen molar-refractivity contribution in [2.45, 2.75) is 48.0 Å². The Labute approximate surface area is 167 Å². The fourth-order valence-corrected chi connectivity index (χ4v) is 0.961. The summed E-state index contributed by atoms with van der Waals surface area (Å²) in [7, 11) is 0. The third-order valence-electron chi connectivity index (χ3n) is 2.01. The van der Waals surface area contributed by atoms with Gasteiger partial charge in [0, 0.05) is 12.4 Å². The molecule has 0 aliphatic carbocycles. The van der Waals surface area contributed by atoms with Gasteiger partial charge in [-0.1, -0.05) is 47.4 Å². The summed E-state index contributed by atoms with van der Waals surface area (Å²) in [4.78, 5) is 8.01. The van der Waals surface area contributed by atoms with E-state index in [0.29, 0.717) is 5.76 Å². The largest absolute Gasteiger partial charge is 0.516 e. The van der Waals surface area contributed by atoms with E-state index in [1.807, 2.05) is 24.8 Å². The van der Waals surface area contributed by atoms with E-state index >= 15 is 0 Å². The average molecular weight is 390 g/mol. The molecule has 0 radical (unpaired) electrons. The summed E-state index contributed by atoms with van der Waals surface area (Å²) in [6.07, 6.45) is 10.8. The molecule has 1 aromatic rings. The number of aliphatic hydroxyl groups excluding tert-OH is 1. The number of nitrogens with zero attached hydrogens (tertiary/aromatic N) is 1. The van der Waals surface area contributed by atoms with E-state index in [1.54, 1.807) is 24.9 Å². The van der Waals surface area contributed by atoms with E-state index in [9.17, 15) is 0 Å². The number of thioether (sulfide) groups is 1. The highest BCUT2D eigenvalue weighted by Crippen LogP contribution is 1.93. The molecule has 6 heteroatoms. The van der Waals surface area contributed by atoms with Crippen molar-refractivity contribution in [2.75, 3.05) is 25.6 Å². The number of allylic oxidation sites excluding steroid dienone is 1. The minimum atomic E-state index is 0. The zero-order chi connectivity index (χ0) is 20.3. The molecule has 0 aliphatic heterocycles. The summed E-state index contributed by atoms with van der Waals surface area (Å²) >= 11 is 1.75. The van der Waals surface area contributed by atoms with E-state index in [1.165, 1.54) is 12.0 Å². The molecule has 4 N–H and O–H groups in total. The minimum Gasteiger partial charge on any atom is -0.516 e. The predicted molar refractivity (Wildman–Crippen MR) is 122 cm³/mol. The van der Waals surface area contributed by atoms with Gasteiger partial charge in [-0.05, 0) is 57.0 Å². The number of aliphatic hydroxyl groups is 1. The van der Waals surface area contributed by atoms with E-state index in [2.05, 4.69) is 61.0 Å². The Morgan fingerprint density at radius 1 is 1.38 bits per heavy atom. The zero-order valence-corrected chi connectivity index (χ0v) is 17.7. The first-order chi connectivity index (χ1) is 11.9. The van der Waals surface area contributed by atoms with Crippen molar-refractivity contribution in [1.82, 2.24) is 10.3 Å². The molecular weight excluding hydrogens is 346 g/mol. The highest BCUT2D eigenvalue weighted by atomic mass is 32.2. The lowest BCUT2D eigenvalue weighted by molar-refractivity contribution is 0.224. The van der Waals surface area contributed by atoms with E-state index < -0.39 is 0 Å². The Hall–Kier alpha value is -1.50. The summed E-state index contributed by atoms with van der Waals surface area (Å²) in [5.41, 5.74) is 1.30. The standard InChI is InChI=1S/C7H9N.C5H13N.C3H7NO.C2H4O.C2H6S.CH4/c1-2-7-4-3-5-8-6-7;1-3-5-6-4-2;1-3(2)5-4;1-2-3;1-3-2;/h3-6H,2H2,1H3;6H,3-5H2,1-2H3;1,4H2,2H3;2-3H,1H2;1-2H3;1H4. The van der Waals surface area contributed by atoms with Crippen molar-refractivity contribution in [2.24, 2.45) is 5.90 Å². The van der Waals surface area contributed by atoms with Crippen molar-refractivity contribution in [3.63, 3.8) is 0 Å². The van der Waals surface area contributed by atoms with Crippen LogP contribution in [0.5, 0.6) is 0 Å². The maximum Gasteiger partial charge on any atom is 0.113 e. The second-order valence-corrected chi connectivity index (χ2v) is 5.30. The third kappa shape index (κ3) is 57.1. The predicted octanol–water partition coefficient (Wildman–Crippen LogP) is 5.36. The zero-order valence-electron chi connectivity index (χ0n) is 16.9. The molecule has 0 fully saturated rings. The van der Waals surface area contributed by atoms with Crippen LogP contribution in [0.3, 0.4) is 0 Å². The molecular formula is C20H43N3O2S. The number of hydrogen-bond donors (Lipinski definition) is 3. The molecule has 0 bridgehead atoms. The second-order valence-electron chi connectivity index (χ2n) is 4.48. The van der Waals surface area contributed by atoms with E-state index in [4.69, 9.17) is 5.11 Å². The van der Waals surface area contributed by atoms with Crippen LogP contribution in [0.1, 0.15) is 47.1 Å². The number of hydrogen-bond acceptors (Lipinski definition) is 6. The van der Waals surface area contributed by atoms with Crippen LogP contribution in [-0.4, -0.2) is 35.7 Å². The number of pyridine rings is 1. The van der Waals surface area contributed by atoms with Gasteiger partial charge in [-0.15, -0.1) is 0 Å². The van der Waals surface area contributed by atoms with Gasteiger partial charge in [-0.2, -0.15) is 17.7 Å². The number of nitrogens with two attached hydrogens (primary N) is 1. The third-order valence-corrected chi connectivity index (χ3v) is 2.01. The smallest absolute Gasteiger partial charge is 0.113 e. The molecule has 0 saturated heterocycles. The molecule has 26 heavy (non-hydrogen) atoms. The Morgan fingerprint density at radius 2 is 1.85 bits per heavy atom. The average Bonchev–Trinajstić information content (AvgIpc) is 2.63. The first-order valence-corrected chi connectivity index (χ1v) is 9.85. The summed E-state index contributed by atoms with van der Waals surface area (Å²) in [6, 6.07) is 4.03. The number of aryl methyl sites for hydroxylation is 1. The van der Waals surface area contributed by atoms with Crippen LogP contribution >= 0.6 is 11.8 Å². The van der Waals surface area contributed by atoms with Gasteiger partial charge < -0.3 is 15.3 Å². The lowest BCUT2D eigenvalue weighted by Crippen LogP contribution is -2.12. The van der Waals surface area contributed by atoms with Gasteiger partial charge in [0.15, 0.2) is 0 Å². The summed E-state index contributed by atoms with van der Waals surface area (Å²) in [6.45, 7) is 16.6. The maximum absolute atomic E-state index is 7.33. The van der Waals surface area contributed by atoms with Crippen LogP contribution in [0, 0.1) is 0 Å². The van der Waals surface area contributed by atoms with Gasteiger partial charge in [0.05, 0.1) is 6.26 Å². The Kier molecular flexibility index (Phi) is 53.2. The van der Waals surface area contributed by atoms with Crippen molar-refractivity contribution in [1.29, 1.82) is 0 Å².